The third-order valence-corrected chi connectivity index (χ3v) is 12.0. The van der Waals surface area contributed by atoms with E-state index in [0.29, 0.717) is 11.5 Å². The maximum Gasteiger partial charge on any atom is 0.424 e. The Morgan fingerprint density at radius 2 is 1.54 bits per heavy atom. The summed E-state index contributed by atoms with van der Waals surface area (Å²) in [7, 11) is 1.61. The molecule has 0 saturated carbocycles. The number of ether oxygens (including phenoxy) is 3. The number of aryl methyl sites for hydroxylation is 1. The van der Waals surface area contributed by atoms with Crippen LogP contribution in [0.1, 0.15) is 101 Å². The van der Waals surface area contributed by atoms with Gasteiger partial charge in [-0.2, -0.15) is 0 Å². The summed E-state index contributed by atoms with van der Waals surface area (Å²) >= 11 is 0. The van der Waals surface area contributed by atoms with E-state index in [1.807, 2.05) is 73.7 Å². The fourth-order valence-corrected chi connectivity index (χ4v) is 9.01. The molecule has 0 amide bonds. The topological polar surface area (TPSA) is 130 Å². The molecule has 5 rings (SSSR count). The Morgan fingerprint density at radius 1 is 0.944 bits per heavy atom. The Labute approximate surface area is 319 Å². The molecule has 9 nitrogen and oxygen atoms in total. The van der Waals surface area contributed by atoms with E-state index in [1.165, 1.54) is 12.5 Å². The lowest BCUT2D eigenvalue weighted by atomic mass is 9.48. The first-order valence-corrected chi connectivity index (χ1v) is 18.8. The zero-order chi connectivity index (χ0) is 39.4. The molecular formula is C45H56NO8+. The van der Waals surface area contributed by atoms with Crippen LogP contribution in [0.2, 0.25) is 0 Å². The van der Waals surface area contributed by atoms with Crippen LogP contribution in [0.3, 0.4) is 0 Å². The highest BCUT2D eigenvalue weighted by atomic mass is 16.5. The molecule has 288 valence electrons. The fourth-order valence-electron chi connectivity index (χ4n) is 9.01. The van der Waals surface area contributed by atoms with Crippen LogP contribution in [0.4, 0.5) is 0 Å². The molecule has 1 unspecified atom stereocenters. The fraction of sp³-hybridized carbons (Fsp3) is 0.444. The Kier molecular flexibility index (Phi) is 12.1. The Balaban J connectivity index is 1.74. The normalized spacial score (nSPS) is 28.7. The lowest BCUT2D eigenvalue weighted by Gasteiger charge is -2.56. The number of aromatic nitrogens is 1. The summed E-state index contributed by atoms with van der Waals surface area (Å²) in [4.78, 5) is 29.7. The quantitative estimate of drug-likeness (QED) is 0.113. The van der Waals surface area contributed by atoms with Crippen LogP contribution in [0.15, 0.2) is 111 Å². The first kappa shape index (κ1) is 40.3. The van der Waals surface area contributed by atoms with Crippen molar-refractivity contribution in [3.8, 4) is 5.88 Å². The summed E-state index contributed by atoms with van der Waals surface area (Å²) in [5, 5.41) is 27.3. The van der Waals surface area contributed by atoms with E-state index >= 15 is 0 Å². The first-order chi connectivity index (χ1) is 25.6. The van der Waals surface area contributed by atoms with Crippen molar-refractivity contribution >= 4 is 11.6 Å². The number of allylic oxidation sites excluding steroid dienone is 5. The van der Waals surface area contributed by atoms with Crippen molar-refractivity contribution < 1.29 is 43.7 Å². The molecule has 2 aromatic carbocycles. The molecule has 0 spiro atoms. The predicted molar refractivity (Wildman–Crippen MR) is 206 cm³/mol. The van der Waals surface area contributed by atoms with E-state index in [2.05, 4.69) is 38.9 Å². The molecule has 2 aliphatic carbocycles. The Hall–Kier alpha value is -4.89. The van der Waals surface area contributed by atoms with Gasteiger partial charge in [0, 0.05) is 40.6 Å². The van der Waals surface area contributed by atoms with Gasteiger partial charge < -0.3 is 24.4 Å². The van der Waals surface area contributed by atoms with Crippen LogP contribution >= 0.6 is 0 Å². The number of ketones is 2. The molecule has 0 radical (unpaired) electrons. The van der Waals surface area contributed by atoms with Crippen molar-refractivity contribution in [2.24, 2.45) is 22.7 Å². The van der Waals surface area contributed by atoms with Crippen molar-refractivity contribution in [2.45, 2.75) is 99.9 Å². The van der Waals surface area contributed by atoms with Crippen molar-refractivity contribution in [2.75, 3.05) is 7.11 Å². The Morgan fingerprint density at radius 3 is 2.09 bits per heavy atom. The highest BCUT2D eigenvalue weighted by Crippen LogP contribution is 2.62. The molecule has 54 heavy (non-hydrogen) atoms. The second-order valence-corrected chi connectivity index (χ2v) is 15.5. The average molecular weight is 739 g/mol. The van der Waals surface area contributed by atoms with E-state index in [-0.39, 0.29) is 53.4 Å². The molecule has 4 atom stereocenters. The highest BCUT2D eigenvalue weighted by molar-refractivity contribution is 6.23. The largest absolute Gasteiger partial charge is 0.507 e. The van der Waals surface area contributed by atoms with Gasteiger partial charge in [-0.25, -0.2) is 4.52 Å². The number of benzene rings is 2. The molecule has 1 heterocycles. The van der Waals surface area contributed by atoms with Gasteiger partial charge >= 0.3 is 5.88 Å². The summed E-state index contributed by atoms with van der Waals surface area (Å²) in [5.41, 5.74) is -0.459. The molecule has 3 aromatic rings. The molecule has 2 aliphatic rings. The van der Waals surface area contributed by atoms with Gasteiger partial charge in [0.1, 0.15) is 30.5 Å². The molecular weight excluding hydrogens is 682 g/mol. The average Bonchev–Trinajstić information content (AvgIpc) is 3.54. The zero-order valence-electron chi connectivity index (χ0n) is 33.2. The van der Waals surface area contributed by atoms with Gasteiger partial charge in [-0.3, -0.25) is 9.59 Å². The second-order valence-electron chi connectivity index (χ2n) is 15.5. The molecule has 0 aliphatic heterocycles. The number of hydrogen-bond acceptors (Lipinski definition) is 8. The van der Waals surface area contributed by atoms with E-state index in [9.17, 15) is 19.8 Å². The van der Waals surface area contributed by atoms with E-state index < -0.39 is 40.2 Å². The number of aromatic amines is 1. The summed E-state index contributed by atoms with van der Waals surface area (Å²) in [6.45, 7) is 15.7. The first-order valence-electron chi connectivity index (χ1n) is 18.8. The highest BCUT2D eigenvalue weighted by Gasteiger charge is 2.58. The van der Waals surface area contributed by atoms with Crippen LogP contribution in [-0.4, -0.2) is 34.5 Å². The molecule has 1 aromatic heterocycles. The minimum Gasteiger partial charge on any atom is -0.507 e. The molecule has 0 saturated heterocycles. The lowest BCUT2D eigenvalue weighted by molar-refractivity contribution is -0.616. The van der Waals surface area contributed by atoms with Gasteiger partial charge in [0.25, 0.3) is 0 Å². The predicted octanol–water partition coefficient (Wildman–Crippen LogP) is 9.14. The van der Waals surface area contributed by atoms with Gasteiger partial charge in [-0.05, 0) is 68.9 Å². The number of methoxy groups -OCH3 is 1. The van der Waals surface area contributed by atoms with Crippen LogP contribution in [0, 0.1) is 29.6 Å². The van der Waals surface area contributed by atoms with Crippen LogP contribution in [0.25, 0.3) is 0 Å². The van der Waals surface area contributed by atoms with Gasteiger partial charge in [-0.15, -0.1) is 0 Å². The van der Waals surface area contributed by atoms with Gasteiger partial charge in [0.2, 0.25) is 11.6 Å². The number of Topliss-reactive ketones (excluding diaryl/α,β-unsaturated/α-hetero) is 2. The standard InChI is InChI=1S/C45H55NO8/c1-10-44(29(3)18-17-23-43(44,7)8)38-28(2)25-45(50,41(49)37-32(6)54-46-42(37)53-27-34-21-15-12-16-22-34)40(48)31(5)39(47)30(4)35(24-36(38)51-9)52-26-33-19-13-11-14-20-33/h11-16,18-22,24,28,38,47,50H,10,17,23,25-27H2,1-9H3/p+1/b35-30+,36-24+,39-31-/t28?,38-,44+,45-/m1/s1. The maximum atomic E-state index is 14.9. The van der Waals surface area contributed by atoms with E-state index in [1.54, 1.807) is 21.0 Å². The maximum absolute atomic E-state index is 14.9. The number of hydrogen-bond donors (Lipinski definition) is 2. The Bertz CT molecular complexity index is 1970. The zero-order valence-corrected chi connectivity index (χ0v) is 33.2. The van der Waals surface area contributed by atoms with Crippen molar-refractivity contribution in [3.05, 3.63) is 129 Å². The number of carbonyl (C=O) groups excluding carboxylic acids is 2. The van der Waals surface area contributed by atoms with Gasteiger partial charge in [0.15, 0.2) is 16.9 Å². The third-order valence-electron chi connectivity index (χ3n) is 12.0. The smallest absolute Gasteiger partial charge is 0.424 e. The third kappa shape index (κ3) is 7.43. The van der Waals surface area contributed by atoms with Crippen molar-refractivity contribution in [1.29, 1.82) is 0 Å². The second kappa shape index (κ2) is 16.2. The number of H-pyrrole nitrogens is 1. The summed E-state index contributed by atoms with van der Waals surface area (Å²) in [5.74, 6) is -2.16. The number of aliphatic hydroxyl groups is 2. The molecule has 0 bridgehead atoms. The SMILES string of the molecule is CC[C@@]1([C@H]2\C(OC)=C/C(OCc3ccccc3)=C(C)\C(O)=C(/C)C(=O)[C@@](O)(C(=O)c3c(OCc4ccccc4)[nH+]oc3C)CC2C)C(C)=CCCC1(C)C. The lowest BCUT2D eigenvalue weighted by Crippen LogP contribution is -2.53. The molecule has 0 fully saturated rings. The van der Waals surface area contributed by atoms with Gasteiger partial charge in [-0.1, -0.05) is 100 Å². The number of nitrogens with one attached hydrogen (secondary N) is 1. The van der Waals surface area contributed by atoms with Gasteiger partial charge in [0.05, 0.1) is 7.11 Å². The van der Waals surface area contributed by atoms with Crippen LogP contribution in [-0.2, 0) is 27.5 Å². The van der Waals surface area contributed by atoms with Crippen LogP contribution < -0.4 is 9.89 Å². The summed E-state index contributed by atoms with van der Waals surface area (Å²) < 4.78 is 24.4. The minimum absolute atomic E-state index is 0.00526. The molecule has 3 N–H and O–H groups in total. The van der Waals surface area contributed by atoms with E-state index in [4.69, 9.17) is 18.7 Å². The summed E-state index contributed by atoms with van der Waals surface area (Å²) in [6, 6.07) is 19.1. The number of carbonyl (C=O) groups is 2. The monoisotopic (exact) mass is 738 g/mol. The number of rotatable bonds is 11. The van der Waals surface area contributed by atoms with E-state index in [0.717, 1.165) is 30.4 Å². The summed E-state index contributed by atoms with van der Waals surface area (Å²) in [6.07, 6.45) is 6.35. The number of aliphatic hydroxyl groups excluding tert-OH is 1. The van der Waals surface area contributed by atoms with Crippen LogP contribution in [0.5, 0.6) is 5.88 Å². The van der Waals surface area contributed by atoms with Crippen molar-refractivity contribution in [3.63, 3.8) is 0 Å². The molecule has 9 heteroatoms. The minimum atomic E-state index is -2.64. The van der Waals surface area contributed by atoms with Crippen molar-refractivity contribution in [1.82, 2.24) is 0 Å².